The molecule has 19 heavy (non-hydrogen) atoms. The van der Waals surface area contributed by atoms with E-state index in [1.807, 2.05) is 0 Å². The van der Waals surface area contributed by atoms with E-state index in [1.165, 1.54) is 18.6 Å². The Hall–Kier alpha value is -0.610. The molecular formula is C15H21BrFNO. The van der Waals surface area contributed by atoms with Gasteiger partial charge in [0.2, 0.25) is 0 Å². The summed E-state index contributed by atoms with van der Waals surface area (Å²) in [6.45, 7) is 5.21. The van der Waals surface area contributed by atoms with Crippen molar-refractivity contribution in [1.29, 1.82) is 0 Å². The van der Waals surface area contributed by atoms with Crippen molar-refractivity contribution in [2.45, 2.75) is 51.2 Å². The van der Waals surface area contributed by atoms with Gasteiger partial charge in [-0.05, 0) is 60.3 Å². The molecule has 0 bridgehead atoms. The van der Waals surface area contributed by atoms with Crippen molar-refractivity contribution in [2.75, 3.05) is 6.54 Å². The molecule has 0 radical (unpaired) electrons. The number of halogens is 2. The maximum Gasteiger partial charge on any atom is 0.137 e. The van der Waals surface area contributed by atoms with Gasteiger partial charge in [-0.15, -0.1) is 0 Å². The maximum atomic E-state index is 13.3. The van der Waals surface area contributed by atoms with Crippen LogP contribution in [0.3, 0.4) is 0 Å². The molecule has 4 heteroatoms. The van der Waals surface area contributed by atoms with Crippen LogP contribution in [0, 0.1) is 5.82 Å². The Morgan fingerprint density at radius 3 is 2.74 bits per heavy atom. The van der Waals surface area contributed by atoms with Crippen molar-refractivity contribution in [3.8, 4) is 5.75 Å². The number of nitrogens with one attached hydrogen (secondary N) is 1. The molecule has 1 aromatic carbocycles. The van der Waals surface area contributed by atoms with Crippen LogP contribution in [0.25, 0.3) is 0 Å². The van der Waals surface area contributed by atoms with E-state index in [9.17, 15) is 4.39 Å². The van der Waals surface area contributed by atoms with Gasteiger partial charge in [-0.2, -0.15) is 0 Å². The first-order valence-corrected chi connectivity index (χ1v) is 7.67. The lowest BCUT2D eigenvalue weighted by atomic mass is 9.77. The third-order valence-electron chi connectivity index (χ3n) is 3.62. The van der Waals surface area contributed by atoms with E-state index in [4.69, 9.17) is 4.74 Å². The maximum absolute atomic E-state index is 13.3. The minimum atomic E-state index is -0.257. The fraction of sp³-hybridized carbons (Fsp3) is 0.600. The molecule has 0 atom stereocenters. The fourth-order valence-corrected chi connectivity index (χ4v) is 2.68. The van der Waals surface area contributed by atoms with Gasteiger partial charge in [-0.1, -0.05) is 13.8 Å². The summed E-state index contributed by atoms with van der Waals surface area (Å²) in [4.78, 5) is 0. The molecule has 1 aromatic rings. The van der Waals surface area contributed by atoms with Gasteiger partial charge in [0.1, 0.15) is 17.2 Å². The van der Waals surface area contributed by atoms with Crippen LogP contribution in [0.5, 0.6) is 5.75 Å². The highest BCUT2D eigenvalue weighted by molar-refractivity contribution is 9.10. The van der Waals surface area contributed by atoms with E-state index >= 15 is 0 Å². The van der Waals surface area contributed by atoms with E-state index in [-0.39, 0.29) is 11.4 Å². The van der Waals surface area contributed by atoms with Gasteiger partial charge in [-0.25, -0.2) is 4.39 Å². The van der Waals surface area contributed by atoms with E-state index in [0.717, 1.165) is 30.3 Å². The van der Waals surface area contributed by atoms with Crippen LogP contribution >= 0.6 is 15.9 Å². The van der Waals surface area contributed by atoms with E-state index in [2.05, 4.69) is 35.1 Å². The molecule has 106 valence electrons. The summed E-state index contributed by atoms with van der Waals surface area (Å²) in [7, 11) is 0. The van der Waals surface area contributed by atoms with Crippen LogP contribution in [-0.4, -0.2) is 18.2 Å². The summed E-state index contributed by atoms with van der Waals surface area (Å²) in [5.74, 6) is 0.359. The second-order valence-electron chi connectivity index (χ2n) is 5.57. The molecule has 0 unspecified atom stereocenters. The van der Waals surface area contributed by atoms with Gasteiger partial charge in [0, 0.05) is 12.1 Å². The van der Waals surface area contributed by atoms with Gasteiger partial charge in [0.25, 0.3) is 0 Å². The molecule has 0 amide bonds. The zero-order valence-corrected chi connectivity index (χ0v) is 13.1. The standard InChI is InChI=1S/C15H21BrFNO/c1-11(2)18-9-8-15(6-3-7-15)19-14-10-12(17)4-5-13(14)16/h4-5,10-11,18H,3,6-9H2,1-2H3. The Bertz CT molecular complexity index is 432. The summed E-state index contributed by atoms with van der Waals surface area (Å²) in [5, 5.41) is 3.42. The summed E-state index contributed by atoms with van der Waals surface area (Å²) in [6.07, 6.45) is 4.26. The summed E-state index contributed by atoms with van der Waals surface area (Å²) < 4.78 is 20.2. The first-order valence-electron chi connectivity index (χ1n) is 6.88. The van der Waals surface area contributed by atoms with Gasteiger partial charge in [0.05, 0.1) is 4.47 Å². The summed E-state index contributed by atoms with van der Waals surface area (Å²) in [6, 6.07) is 5.08. The Balaban J connectivity index is 1.99. The summed E-state index contributed by atoms with van der Waals surface area (Å²) >= 11 is 3.42. The van der Waals surface area contributed by atoms with Crippen LogP contribution in [0.2, 0.25) is 0 Å². The van der Waals surface area contributed by atoms with Gasteiger partial charge >= 0.3 is 0 Å². The van der Waals surface area contributed by atoms with Crippen molar-refractivity contribution in [3.63, 3.8) is 0 Å². The Morgan fingerprint density at radius 1 is 1.42 bits per heavy atom. The van der Waals surface area contributed by atoms with Crippen molar-refractivity contribution < 1.29 is 9.13 Å². The van der Waals surface area contributed by atoms with Crippen LogP contribution in [0.1, 0.15) is 39.5 Å². The van der Waals surface area contributed by atoms with Crippen LogP contribution in [-0.2, 0) is 0 Å². The van der Waals surface area contributed by atoms with E-state index in [1.54, 1.807) is 6.07 Å². The average molecular weight is 330 g/mol. The number of hydrogen-bond acceptors (Lipinski definition) is 2. The normalized spacial score (nSPS) is 17.3. The average Bonchev–Trinajstić information content (AvgIpc) is 2.30. The lowest BCUT2D eigenvalue weighted by Crippen LogP contribution is -2.46. The third-order valence-corrected chi connectivity index (χ3v) is 4.27. The quantitative estimate of drug-likeness (QED) is 0.841. The molecule has 0 heterocycles. The highest BCUT2D eigenvalue weighted by Crippen LogP contribution is 2.41. The number of hydrogen-bond donors (Lipinski definition) is 1. The van der Waals surface area contributed by atoms with Gasteiger partial charge in [0.15, 0.2) is 0 Å². The largest absolute Gasteiger partial charge is 0.486 e. The Kier molecular flexibility index (Phi) is 4.85. The van der Waals surface area contributed by atoms with Crippen LogP contribution in [0.4, 0.5) is 4.39 Å². The van der Waals surface area contributed by atoms with Crippen molar-refractivity contribution in [3.05, 3.63) is 28.5 Å². The molecule has 0 aliphatic heterocycles. The molecule has 0 aromatic heterocycles. The third kappa shape index (κ3) is 3.93. The molecule has 2 rings (SSSR count). The SMILES string of the molecule is CC(C)NCCC1(Oc2cc(F)ccc2Br)CCC1. The summed E-state index contributed by atoms with van der Waals surface area (Å²) in [5.41, 5.74) is -0.113. The van der Waals surface area contributed by atoms with Crippen molar-refractivity contribution in [2.24, 2.45) is 0 Å². The lowest BCUT2D eigenvalue weighted by molar-refractivity contribution is -0.0153. The monoisotopic (exact) mass is 329 g/mol. The van der Waals surface area contributed by atoms with Crippen molar-refractivity contribution >= 4 is 15.9 Å². The minimum Gasteiger partial charge on any atom is -0.486 e. The molecule has 1 N–H and O–H groups in total. The molecular weight excluding hydrogens is 309 g/mol. The van der Waals surface area contributed by atoms with E-state index < -0.39 is 0 Å². The second-order valence-corrected chi connectivity index (χ2v) is 6.43. The molecule has 1 fully saturated rings. The second kappa shape index (κ2) is 6.23. The van der Waals surface area contributed by atoms with Crippen LogP contribution < -0.4 is 10.1 Å². The minimum absolute atomic E-state index is 0.113. The van der Waals surface area contributed by atoms with Gasteiger partial charge < -0.3 is 10.1 Å². The Morgan fingerprint density at radius 2 is 2.16 bits per heavy atom. The van der Waals surface area contributed by atoms with Crippen molar-refractivity contribution in [1.82, 2.24) is 5.32 Å². The lowest BCUT2D eigenvalue weighted by Gasteiger charge is -2.42. The highest BCUT2D eigenvalue weighted by Gasteiger charge is 2.39. The predicted octanol–water partition coefficient (Wildman–Crippen LogP) is 4.28. The molecule has 2 nitrogen and oxygen atoms in total. The number of ether oxygens (including phenoxy) is 1. The highest BCUT2D eigenvalue weighted by atomic mass is 79.9. The molecule has 0 spiro atoms. The molecule has 1 aliphatic carbocycles. The number of rotatable bonds is 6. The molecule has 1 saturated carbocycles. The first-order chi connectivity index (χ1) is 9.01. The topological polar surface area (TPSA) is 21.3 Å². The first kappa shape index (κ1) is 14.8. The van der Waals surface area contributed by atoms with Gasteiger partial charge in [-0.3, -0.25) is 0 Å². The molecule has 1 aliphatic rings. The zero-order chi connectivity index (χ0) is 13.9. The van der Waals surface area contributed by atoms with E-state index in [0.29, 0.717) is 11.8 Å². The fourth-order valence-electron chi connectivity index (χ4n) is 2.35. The zero-order valence-electron chi connectivity index (χ0n) is 11.5. The Labute approximate surface area is 122 Å². The smallest absolute Gasteiger partial charge is 0.137 e. The molecule has 0 saturated heterocycles. The number of benzene rings is 1. The predicted molar refractivity (Wildman–Crippen MR) is 79.1 cm³/mol. The van der Waals surface area contributed by atoms with Crippen LogP contribution in [0.15, 0.2) is 22.7 Å².